The van der Waals surface area contributed by atoms with Gasteiger partial charge in [0.1, 0.15) is 5.75 Å². The van der Waals surface area contributed by atoms with E-state index in [1.54, 1.807) is 0 Å². The van der Waals surface area contributed by atoms with Crippen LogP contribution in [0.15, 0.2) is 48.5 Å². The minimum absolute atomic E-state index is 0.135. The van der Waals surface area contributed by atoms with Crippen LogP contribution in [0.1, 0.15) is 36.6 Å². The van der Waals surface area contributed by atoms with Crippen molar-refractivity contribution in [3.8, 4) is 5.75 Å². The smallest absolute Gasteiger partial charge is 0.315 e. The van der Waals surface area contributed by atoms with Gasteiger partial charge in [0, 0.05) is 13.0 Å². The van der Waals surface area contributed by atoms with Gasteiger partial charge in [-0.1, -0.05) is 36.4 Å². The van der Waals surface area contributed by atoms with Crippen molar-refractivity contribution in [1.29, 1.82) is 0 Å². The number of carbonyl (C=O) groups is 1. The summed E-state index contributed by atoms with van der Waals surface area (Å²) in [6.07, 6.45) is 0.115. The van der Waals surface area contributed by atoms with Gasteiger partial charge in [0.25, 0.3) is 0 Å². The molecule has 2 atom stereocenters. The number of nitrogens with one attached hydrogen (secondary N) is 2. The van der Waals surface area contributed by atoms with Gasteiger partial charge in [0.05, 0.1) is 18.2 Å². The molecule has 0 aromatic heterocycles. The Labute approximate surface area is 148 Å². The van der Waals surface area contributed by atoms with Crippen LogP contribution in [0.5, 0.6) is 5.75 Å². The number of aliphatic hydroxyl groups is 1. The SMILES string of the molecule is CC(C)Oc1ccc(CNC(=O)NC2c3ccccc3CC2O)cc1. The Morgan fingerprint density at radius 1 is 1.20 bits per heavy atom. The van der Waals surface area contributed by atoms with Crippen molar-refractivity contribution in [2.24, 2.45) is 0 Å². The zero-order valence-corrected chi connectivity index (χ0v) is 14.5. The summed E-state index contributed by atoms with van der Waals surface area (Å²) in [6.45, 7) is 4.38. The van der Waals surface area contributed by atoms with Crippen LogP contribution in [0.3, 0.4) is 0 Å². The first-order valence-electron chi connectivity index (χ1n) is 8.59. The maximum Gasteiger partial charge on any atom is 0.315 e. The second kappa shape index (κ2) is 7.57. The Morgan fingerprint density at radius 3 is 2.64 bits per heavy atom. The molecule has 0 aliphatic heterocycles. The second-order valence-electron chi connectivity index (χ2n) is 6.59. The van der Waals surface area contributed by atoms with Crippen molar-refractivity contribution in [2.45, 2.75) is 45.1 Å². The molecule has 1 aliphatic rings. The first-order valence-corrected chi connectivity index (χ1v) is 8.59. The monoisotopic (exact) mass is 340 g/mol. The highest BCUT2D eigenvalue weighted by Gasteiger charge is 2.31. The number of hydrogen-bond acceptors (Lipinski definition) is 3. The zero-order chi connectivity index (χ0) is 17.8. The quantitative estimate of drug-likeness (QED) is 0.784. The van der Waals surface area contributed by atoms with E-state index in [1.165, 1.54) is 0 Å². The number of ether oxygens (including phenoxy) is 1. The van der Waals surface area contributed by atoms with E-state index in [1.807, 2.05) is 62.4 Å². The molecule has 3 N–H and O–H groups in total. The van der Waals surface area contributed by atoms with Crippen molar-refractivity contribution >= 4 is 6.03 Å². The fourth-order valence-corrected chi connectivity index (χ4v) is 3.08. The van der Waals surface area contributed by atoms with Gasteiger partial charge in [0.2, 0.25) is 0 Å². The van der Waals surface area contributed by atoms with Crippen LogP contribution in [0, 0.1) is 0 Å². The molecule has 0 fully saturated rings. The van der Waals surface area contributed by atoms with Gasteiger partial charge in [-0.2, -0.15) is 0 Å². The third-order valence-corrected chi connectivity index (χ3v) is 4.24. The summed E-state index contributed by atoms with van der Waals surface area (Å²) < 4.78 is 5.60. The Morgan fingerprint density at radius 2 is 1.92 bits per heavy atom. The van der Waals surface area contributed by atoms with Gasteiger partial charge >= 0.3 is 6.03 Å². The summed E-state index contributed by atoms with van der Waals surface area (Å²) in [5, 5.41) is 15.9. The number of amides is 2. The molecule has 2 unspecified atom stereocenters. The predicted molar refractivity (Wildman–Crippen MR) is 96.5 cm³/mol. The highest BCUT2D eigenvalue weighted by Crippen LogP contribution is 2.31. The van der Waals surface area contributed by atoms with Gasteiger partial charge in [-0.15, -0.1) is 0 Å². The summed E-state index contributed by atoms with van der Waals surface area (Å²) in [4.78, 5) is 12.2. The number of carbonyl (C=O) groups excluding carboxylic acids is 1. The van der Waals surface area contributed by atoms with E-state index in [9.17, 15) is 9.90 Å². The molecule has 2 amide bonds. The average molecular weight is 340 g/mol. The Balaban J connectivity index is 1.53. The molecule has 25 heavy (non-hydrogen) atoms. The summed E-state index contributed by atoms with van der Waals surface area (Å²) in [5.41, 5.74) is 3.06. The summed E-state index contributed by atoms with van der Waals surface area (Å²) in [5.74, 6) is 0.814. The summed E-state index contributed by atoms with van der Waals surface area (Å²) in [6, 6.07) is 14.8. The maximum absolute atomic E-state index is 12.2. The Kier molecular flexibility index (Phi) is 5.24. The largest absolute Gasteiger partial charge is 0.491 e. The molecule has 0 saturated carbocycles. The van der Waals surface area contributed by atoms with Crippen molar-refractivity contribution < 1.29 is 14.6 Å². The number of benzene rings is 2. The second-order valence-corrected chi connectivity index (χ2v) is 6.59. The molecule has 0 spiro atoms. The van der Waals surface area contributed by atoms with Gasteiger partial charge < -0.3 is 20.5 Å². The number of rotatable bonds is 5. The van der Waals surface area contributed by atoms with Gasteiger partial charge in [-0.25, -0.2) is 4.79 Å². The van der Waals surface area contributed by atoms with Crippen molar-refractivity contribution in [1.82, 2.24) is 10.6 Å². The molecule has 0 bridgehead atoms. The lowest BCUT2D eigenvalue weighted by Gasteiger charge is -2.18. The van der Waals surface area contributed by atoms with Crippen molar-refractivity contribution in [3.05, 3.63) is 65.2 Å². The minimum atomic E-state index is -0.587. The number of aliphatic hydroxyl groups excluding tert-OH is 1. The van der Waals surface area contributed by atoms with Crippen molar-refractivity contribution in [2.75, 3.05) is 0 Å². The molecule has 3 rings (SSSR count). The summed E-state index contributed by atoms with van der Waals surface area (Å²) in [7, 11) is 0. The molecule has 0 heterocycles. The van der Waals surface area contributed by atoms with Gasteiger partial charge in [-0.05, 0) is 42.7 Å². The average Bonchev–Trinajstić information content (AvgIpc) is 2.89. The van der Waals surface area contributed by atoms with Crippen LogP contribution in [0.4, 0.5) is 4.79 Å². The lowest BCUT2D eigenvalue weighted by Crippen LogP contribution is -2.40. The van der Waals surface area contributed by atoms with Crippen LogP contribution < -0.4 is 15.4 Å². The molecule has 5 heteroatoms. The fourth-order valence-electron chi connectivity index (χ4n) is 3.08. The standard InChI is InChI=1S/C20H24N2O3/c1-13(2)25-16-9-7-14(8-10-16)12-21-20(24)22-19-17-6-4-3-5-15(17)11-18(19)23/h3-10,13,18-19,23H,11-12H2,1-2H3,(H2,21,22,24). The van der Waals surface area contributed by atoms with E-state index in [0.29, 0.717) is 13.0 Å². The van der Waals surface area contributed by atoms with Crippen LogP contribution in [-0.4, -0.2) is 23.3 Å². The van der Waals surface area contributed by atoms with Crippen LogP contribution in [0.25, 0.3) is 0 Å². The lowest BCUT2D eigenvalue weighted by atomic mass is 10.1. The van der Waals surface area contributed by atoms with E-state index >= 15 is 0 Å². The van der Waals surface area contributed by atoms with Crippen molar-refractivity contribution in [3.63, 3.8) is 0 Å². The third-order valence-electron chi connectivity index (χ3n) is 4.24. The topological polar surface area (TPSA) is 70.6 Å². The fraction of sp³-hybridized carbons (Fsp3) is 0.350. The number of urea groups is 1. The highest BCUT2D eigenvalue weighted by atomic mass is 16.5. The lowest BCUT2D eigenvalue weighted by molar-refractivity contribution is 0.142. The van der Waals surface area contributed by atoms with E-state index in [2.05, 4.69) is 10.6 Å². The van der Waals surface area contributed by atoms with Gasteiger partial charge in [-0.3, -0.25) is 0 Å². The minimum Gasteiger partial charge on any atom is -0.491 e. The van der Waals surface area contributed by atoms with E-state index in [-0.39, 0.29) is 18.2 Å². The Bertz CT molecular complexity index is 728. The van der Waals surface area contributed by atoms with E-state index in [0.717, 1.165) is 22.4 Å². The van der Waals surface area contributed by atoms with E-state index in [4.69, 9.17) is 4.74 Å². The molecule has 0 saturated heterocycles. The van der Waals surface area contributed by atoms with Crippen LogP contribution in [-0.2, 0) is 13.0 Å². The predicted octanol–water partition coefficient (Wildman–Crippen LogP) is 2.93. The normalized spacial score (nSPS) is 18.7. The molecular weight excluding hydrogens is 316 g/mol. The number of fused-ring (bicyclic) bond motifs is 1. The number of hydrogen-bond donors (Lipinski definition) is 3. The van der Waals surface area contributed by atoms with E-state index < -0.39 is 6.10 Å². The molecule has 2 aromatic carbocycles. The maximum atomic E-state index is 12.2. The summed E-state index contributed by atoms with van der Waals surface area (Å²) >= 11 is 0. The molecule has 1 aliphatic carbocycles. The van der Waals surface area contributed by atoms with Crippen LogP contribution >= 0.6 is 0 Å². The third kappa shape index (κ3) is 4.31. The molecule has 2 aromatic rings. The van der Waals surface area contributed by atoms with Gasteiger partial charge in [0.15, 0.2) is 0 Å². The first-order chi connectivity index (χ1) is 12.0. The highest BCUT2D eigenvalue weighted by molar-refractivity contribution is 5.74. The Hall–Kier alpha value is -2.53. The molecule has 132 valence electrons. The molecular formula is C20H24N2O3. The molecule has 5 nitrogen and oxygen atoms in total. The molecule has 0 radical (unpaired) electrons. The van der Waals surface area contributed by atoms with Crippen LogP contribution in [0.2, 0.25) is 0 Å². The first kappa shape index (κ1) is 17.3. The zero-order valence-electron chi connectivity index (χ0n) is 14.5.